The molecule has 1 saturated carbocycles. The van der Waals surface area contributed by atoms with Gasteiger partial charge in [-0.25, -0.2) is 4.79 Å². The summed E-state index contributed by atoms with van der Waals surface area (Å²) in [6.07, 6.45) is 7.69. The molecule has 0 spiro atoms. The maximum atomic E-state index is 11.8. The minimum absolute atomic E-state index is 0.00138. The number of amides is 3. The van der Waals surface area contributed by atoms with Crippen molar-refractivity contribution in [3.63, 3.8) is 0 Å². The zero-order valence-corrected chi connectivity index (χ0v) is 17.8. The van der Waals surface area contributed by atoms with Crippen molar-refractivity contribution in [1.82, 2.24) is 0 Å². The maximum absolute atomic E-state index is 11.8. The average molecular weight is 443 g/mol. The fourth-order valence-corrected chi connectivity index (χ4v) is 5.01. The lowest BCUT2D eigenvalue weighted by atomic mass is 9.80. The van der Waals surface area contributed by atoms with Crippen molar-refractivity contribution in [2.75, 3.05) is 5.32 Å². The fourth-order valence-electron chi connectivity index (χ4n) is 3.94. The van der Waals surface area contributed by atoms with Crippen molar-refractivity contribution < 1.29 is 19.5 Å². The van der Waals surface area contributed by atoms with E-state index in [-0.39, 0.29) is 17.9 Å². The summed E-state index contributed by atoms with van der Waals surface area (Å²) in [5.74, 6) is -1.61. The number of hydrogen-bond acceptors (Lipinski definition) is 5. The first-order valence-corrected chi connectivity index (χ1v) is 10.8. The van der Waals surface area contributed by atoms with Gasteiger partial charge in [-0.3, -0.25) is 14.9 Å². The van der Waals surface area contributed by atoms with Crippen molar-refractivity contribution >= 4 is 40.3 Å². The number of benzene rings is 1. The molecule has 1 aliphatic rings. The molecule has 9 heteroatoms. The van der Waals surface area contributed by atoms with Crippen LogP contribution in [0.5, 0.6) is 0 Å². The lowest BCUT2D eigenvalue weighted by Crippen LogP contribution is -2.53. The van der Waals surface area contributed by atoms with Crippen LogP contribution in [0.3, 0.4) is 0 Å². The summed E-state index contributed by atoms with van der Waals surface area (Å²) in [6.45, 7) is 0. The first-order chi connectivity index (χ1) is 14.7. The van der Waals surface area contributed by atoms with E-state index in [4.69, 9.17) is 17.2 Å². The van der Waals surface area contributed by atoms with Crippen LogP contribution in [0, 0.1) is 5.92 Å². The van der Waals surface area contributed by atoms with Crippen molar-refractivity contribution in [3.8, 4) is 10.4 Å². The zero-order valence-electron chi connectivity index (χ0n) is 17.0. The van der Waals surface area contributed by atoms with Gasteiger partial charge in [-0.2, -0.15) is 0 Å². The monoisotopic (exact) mass is 442 g/mol. The summed E-state index contributed by atoms with van der Waals surface area (Å²) < 4.78 is 0. The molecule has 2 aromatic rings. The van der Waals surface area contributed by atoms with E-state index in [0.29, 0.717) is 5.00 Å². The highest BCUT2D eigenvalue weighted by atomic mass is 32.1. The highest BCUT2D eigenvalue weighted by Gasteiger charge is 2.42. The van der Waals surface area contributed by atoms with Crippen LogP contribution < -0.4 is 22.5 Å². The lowest BCUT2D eigenvalue weighted by molar-refractivity contribution is -0.145. The van der Waals surface area contributed by atoms with Gasteiger partial charge in [0.1, 0.15) is 10.5 Å². The highest BCUT2D eigenvalue weighted by molar-refractivity contribution is 7.20. The van der Waals surface area contributed by atoms with Crippen LogP contribution in [-0.4, -0.2) is 28.6 Å². The molecule has 1 atom stereocenters. The molecule has 164 valence electrons. The van der Waals surface area contributed by atoms with Gasteiger partial charge in [-0.1, -0.05) is 49.3 Å². The molecule has 1 heterocycles. The number of nitrogens with one attached hydrogen (secondary N) is 1. The molecule has 0 unspecified atom stereocenters. The smallest absolute Gasteiger partial charge is 0.324 e. The van der Waals surface area contributed by atoms with Gasteiger partial charge in [-0.15, -0.1) is 11.3 Å². The van der Waals surface area contributed by atoms with Gasteiger partial charge < -0.3 is 22.3 Å². The third-order valence-corrected chi connectivity index (χ3v) is 6.78. The van der Waals surface area contributed by atoms with Gasteiger partial charge in [0, 0.05) is 4.88 Å². The summed E-state index contributed by atoms with van der Waals surface area (Å²) in [4.78, 5) is 35.3. The van der Waals surface area contributed by atoms with E-state index >= 15 is 0 Å². The van der Waals surface area contributed by atoms with Crippen molar-refractivity contribution in [1.29, 1.82) is 0 Å². The summed E-state index contributed by atoms with van der Waals surface area (Å²) in [5.41, 5.74) is 17.5. The molecule has 0 radical (unpaired) electrons. The molecule has 8 N–H and O–H groups in total. The normalized spacial score (nSPS) is 16.3. The number of nitrogens with two attached hydrogens (primary N) is 3. The number of thiophene rings is 1. The van der Waals surface area contributed by atoms with Crippen molar-refractivity contribution in [2.45, 2.75) is 37.6 Å². The van der Waals surface area contributed by atoms with Crippen LogP contribution in [0.25, 0.3) is 16.5 Å². The number of anilines is 1. The second-order valence-electron chi connectivity index (χ2n) is 7.76. The molecule has 1 fully saturated rings. The van der Waals surface area contributed by atoms with Gasteiger partial charge in [0.25, 0.3) is 5.91 Å². The minimum atomic E-state index is -1.24. The first-order valence-electron chi connectivity index (χ1n) is 10.00. The predicted octanol–water partition coefficient (Wildman–Crippen LogP) is 3.38. The summed E-state index contributed by atoms with van der Waals surface area (Å²) in [5, 5.41) is 12.4. The maximum Gasteiger partial charge on any atom is 0.324 e. The SMILES string of the molecule is NC(=O)Nc1sc(-c2ccc(C=CC[C@@](N)(C(=O)O)C3CCCC3)cc2)cc1C(N)=O. The van der Waals surface area contributed by atoms with E-state index in [1.165, 1.54) is 11.3 Å². The molecular formula is C22H26N4O4S. The van der Waals surface area contributed by atoms with E-state index < -0.39 is 23.4 Å². The van der Waals surface area contributed by atoms with Gasteiger partial charge in [0.2, 0.25) is 0 Å². The molecular weight excluding hydrogens is 416 g/mol. The largest absolute Gasteiger partial charge is 0.480 e. The van der Waals surface area contributed by atoms with E-state index in [1.807, 2.05) is 36.4 Å². The average Bonchev–Trinajstić information content (AvgIpc) is 3.38. The molecule has 0 aliphatic heterocycles. The van der Waals surface area contributed by atoms with Gasteiger partial charge in [0.15, 0.2) is 0 Å². The van der Waals surface area contributed by atoms with Crippen LogP contribution in [0.1, 0.15) is 48.0 Å². The second kappa shape index (κ2) is 9.32. The number of rotatable bonds is 8. The van der Waals surface area contributed by atoms with Gasteiger partial charge in [-0.05, 0) is 42.4 Å². The summed E-state index contributed by atoms with van der Waals surface area (Å²) in [7, 11) is 0. The number of primary amides is 2. The number of urea groups is 1. The van der Waals surface area contributed by atoms with Gasteiger partial charge >= 0.3 is 12.0 Å². The van der Waals surface area contributed by atoms with Crippen LogP contribution in [-0.2, 0) is 4.79 Å². The Morgan fingerprint density at radius 1 is 1.16 bits per heavy atom. The zero-order chi connectivity index (χ0) is 22.6. The molecule has 3 rings (SSSR count). The Hall–Kier alpha value is -3.17. The van der Waals surface area contributed by atoms with E-state index in [1.54, 1.807) is 6.07 Å². The van der Waals surface area contributed by atoms with E-state index in [0.717, 1.165) is 41.7 Å². The van der Waals surface area contributed by atoms with E-state index in [2.05, 4.69) is 5.32 Å². The Morgan fingerprint density at radius 2 is 1.81 bits per heavy atom. The van der Waals surface area contributed by atoms with Crippen LogP contribution in [0.4, 0.5) is 9.80 Å². The molecule has 0 bridgehead atoms. The molecule has 1 aromatic heterocycles. The predicted molar refractivity (Wildman–Crippen MR) is 122 cm³/mol. The quantitative estimate of drug-likeness (QED) is 0.423. The number of aliphatic carboxylic acids is 1. The number of hydrogen-bond donors (Lipinski definition) is 5. The molecule has 0 saturated heterocycles. The van der Waals surface area contributed by atoms with Crippen LogP contribution >= 0.6 is 11.3 Å². The van der Waals surface area contributed by atoms with E-state index in [9.17, 15) is 19.5 Å². The van der Waals surface area contributed by atoms with Crippen molar-refractivity contribution in [2.24, 2.45) is 23.1 Å². The Labute approximate surface area is 184 Å². The van der Waals surface area contributed by atoms with Crippen LogP contribution in [0.15, 0.2) is 36.4 Å². The van der Waals surface area contributed by atoms with Crippen LogP contribution in [0.2, 0.25) is 0 Å². The molecule has 31 heavy (non-hydrogen) atoms. The minimum Gasteiger partial charge on any atom is -0.480 e. The first kappa shape index (κ1) is 22.5. The molecule has 8 nitrogen and oxygen atoms in total. The Morgan fingerprint density at radius 3 is 2.35 bits per heavy atom. The third-order valence-electron chi connectivity index (χ3n) is 5.68. The lowest BCUT2D eigenvalue weighted by Gasteiger charge is -2.30. The topological polar surface area (TPSA) is 162 Å². The van der Waals surface area contributed by atoms with Gasteiger partial charge in [0.05, 0.1) is 5.56 Å². The summed E-state index contributed by atoms with van der Waals surface area (Å²) >= 11 is 1.20. The fraction of sp³-hybridized carbons (Fsp3) is 0.318. The summed E-state index contributed by atoms with van der Waals surface area (Å²) in [6, 6.07) is 8.34. The number of carboxylic acid groups (broad SMARTS) is 1. The molecule has 1 aliphatic carbocycles. The Bertz CT molecular complexity index is 1010. The second-order valence-corrected chi connectivity index (χ2v) is 8.81. The number of carbonyl (C=O) groups excluding carboxylic acids is 2. The highest BCUT2D eigenvalue weighted by Crippen LogP contribution is 2.36. The standard InChI is InChI=1S/C22H26N4O4S/c23-18(27)16-12-17(31-19(16)26-21(24)30)14-9-7-13(8-10-14)4-3-11-22(25,20(28)29)15-5-1-2-6-15/h3-4,7-10,12,15H,1-2,5-6,11,25H2,(H2,23,27)(H,28,29)(H3,24,26,30)/t22-/m0/s1. The van der Waals surface area contributed by atoms with Crippen molar-refractivity contribution in [3.05, 3.63) is 47.5 Å². The number of carbonyl (C=O) groups is 3. The Balaban J connectivity index is 1.73. The Kier molecular flexibility index (Phi) is 6.77. The molecule has 3 amide bonds. The molecule has 1 aromatic carbocycles. The third kappa shape index (κ3) is 5.12. The number of carboxylic acids is 1.